The first kappa shape index (κ1) is 19.6. The molecule has 8 heteroatoms. The molecule has 0 spiro atoms. The van der Waals surface area contributed by atoms with Gasteiger partial charge in [0.2, 0.25) is 5.88 Å². The molecule has 0 bridgehead atoms. The fourth-order valence-corrected chi connectivity index (χ4v) is 4.28. The summed E-state index contributed by atoms with van der Waals surface area (Å²) in [6, 6.07) is 2.14. The highest BCUT2D eigenvalue weighted by Gasteiger charge is 2.22. The van der Waals surface area contributed by atoms with Crippen LogP contribution in [0.2, 0.25) is 0 Å². The van der Waals surface area contributed by atoms with Gasteiger partial charge in [0, 0.05) is 44.7 Å². The fourth-order valence-electron chi connectivity index (χ4n) is 3.37. The van der Waals surface area contributed by atoms with Crippen molar-refractivity contribution in [2.45, 2.75) is 17.9 Å². The molecule has 0 aromatic carbocycles. The molecule has 1 saturated heterocycles. The van der Waals surface area contributed by atoms with E-state index in [1.54, 1.807) is 30.5 Å². The maximum absolute atomic E-state index is 9.11. The van der Waals surface area contributed by atoms with Gasteiger partial charge in [0.1, 0.15) is 29.2 Å². The molecule has 3 aliphatic rings. The van der Waals surface area contributed by atoms with Crippen LogP contribution in [0.15, 0.2) is 65.5 Å². The van der Waals surface area contributed by atoms with E-state index in [4.69, 9.17) is 14.7 Å². The van der Waals surface area contributed by atoms with Crippen LogP contribution in [0.1, 0.15) is 18.4 Å². The second kappa shape index (κ2) is 9.63. The van der Waals surface area contributed by atoms with Crippen LogP contribution >= 0.6 is 11.8 Å². The molecule has 0 atom stereocenters. The van der Waals surface area contributed by atoms with Gasteiger partial charge in [-0.3, -0.25) is 4.90 Å². The average molecular weight is 410 g/mol. The van der Waals surface area contributed by atoms with Crippen molar-refractivity contribution in [2.24, 2.45) is 0 Å². The number of nitriles is 1. The second-order valence-electron chi connectivity index (χ2n) is 6.86. The molecule has 29 heavy (non-hydrogen) atoms. The van der Waals surface area contributed by atoms with Crippen molar-refractivity contribution in [3.05, 3.63) is 66.1 Å². The van der Waals surface area contributed by atoms with Crippen LogP contribution in [0, 0.1) is 11.3 Å². The van der Waals surface area contributed by atoms with E-state index in [0.29, 0.717) is 5.56 Å². The lowest BCUT2D eigenvalue weighted by atomic mass is 10.0. The summed E-state index contributed by atoms with van der Waals surface area (Å²) in [5.74, 6) is 2.47. The Morgan fingerprint density at radius 1 is 1.17 bits per heavy atom. The third-order valence-corrected chi connectivity index (χ3v) is 6.02. The van der Waals surface area contributed by atoms with Gasteiger partial charge in [-0.05, 0) is 18.4 Å². The van der Waals surface area contributed by atoms with Crippen LogP contribution in [0.3, 0.4) is 0 Å². The second-order valence-corrected chi connectivity index (χ2v) is 7.95. The van der Waals surface area contributed by atoms with Gasteiger partial charge < -0.3 is 14.4 Å². The highest BCUT2D eigenvalue weighted by Crippen LogP contribution is 2.26. The van der Waals surface area contributed by atoms with Gasteiger partial charge in [-0.15, -0.1) is 11.8 Å². The minimum atomic E-state index is 0.538. The number of hydrogen-bond acceptors (Lipinski definition) is 8. The molecule has 0 N–H and O–H groups in total. The summed E-state index contributed by atoms with van der Waals surface area (Å²) in [6.07, 6.45) is 14.8. The lowest BCUT2D eigenvalue weighted by Crippen LogP contribution is -2.46. The van der Waals surface area contributed by atoms with Gasteiger partial charge in [0.25, 0.3) is 0 Å². The summed E-state index contributed by atoms with van der Waals surface area (Å²) in [4.78, 5) is 12.7. The Morgan fingerprint density at radius 2 is 2.07 bits per heavy atom. The minimum Gasteiger partial charge on any atom is -0.456 e. The third-order valence-electron chi connectivity index (χ3n) is 5.03. The number of rotatable bonds is 6. The summed E-state index contributed by atoms with van der Waals surface area (Å²) in [5, 5.41) is 9.87. The van der Waals surface area contributed by atoms with E-state index < -0.39 is 0 Å². The minimum absolute atomic E-state index is 0.538. The third kappa shape index (κ3) is 5.00. The molecule has 4 rings (SSSR count). The zero-order valence-corrected chi connectivity index (χ0v) is 17.0. The van der Waals surface area contributed by atoms with Crippen LogP contribution in [0.25, 0.3) is 0 Å². The van der Waals surface area contributed by atoms with Gasteiger partial charge in [0.05, 0.1) is 0 Å². The van der Waals surface area contributed by atoms with Crippen LogP contribution in [-0.4, -0.2) is 58.2 Å². The van der Waals surface area contributed by atoms with Gasteiger partial charge in [0.15, 0.2) is 12.0 Å². The Kier molecular flexibility index (Phi) is 6.49. The number of allylic oxidation sites excluding steroid dienone is 4. The zero-order chi connectivity index (χ0) is 19.9. The first-order valence-electron chi connectivity index (χ1n) is 9.73. The summed E-state index contributed by atoms with van der Waals surface area (Å²) < 4.78 is 11.7. The molecule has 1 aromatic rings. The van der Waals surface area contributed by atoms with E-state index in [1.165, 1.54) is 11.9 Å². The monoisotopic (exact) mass is 409 g/mol. The predicted octanol–water partition coefficient (Wildman–Crippen LogP) is 3.02. The summed E-state index contributed by atoms with van der Waals surface area (Å²) >= 11 is 1.61. The molecule has 0 radical (unpaired) electrons. The van der Waals surface area contributed by atoms with Crippen molar-refractivity contribution in [3.63, 3.8) is 0 Å². The smallest absolute Gasteiger partial charge is 0.231 e. The highest BCUT2D eigenvalue weighted by molar-refractivity contribution is 7.99. The van der Waals surface area contributed by atoms with Gasteiger partial charge in [-0.1, -0.05) is 18.2 Å². The molecule has 1 aliphatic carbocycles. The van der Waals surface area contributed by atoms with Crippen LogP contribution < -0.4 is 0 Å². The number of nitrogens with zero attached hydrogens (tertiary/aromatic N) is 5. The zero-order valence-electron chi connectivity index (χ0n) is 16.2. The van der Waals surface area contributed by atoms with Gasteiger partial charge in [-0.2, -0.15) is 5.26 Å². The summed E-state index contributed by atoms with van der Waals surface area (Å²) in [5.41, 5.74) is 1.71. The standard InChI is InChI=1S/C21H23N5O2S/c22-12-18-13-23-16-24-21(18)29-11-10-25-6-8-26(9-7-25)20-15-27-19(14-28-20)17-4-2-1-3-5-17/h1-2,4,13-16H,3,5-11H2. The Bertz CT molecular complexity index is 895. The normalized spacial score (nSPS) is 19.4. The summed E-state index contributed by atoms with van der Waals surface area (Å²) in [7, 11) is 0. The fraction of sp³-hybridized carbons (Fsp3) is 0.381. The van der Waals surface area contributed by atoms with Crippen molar-refractivity contribution in [1.29, 1.82) is 5.26 Å². The Balaban J connectivity index is 1.20. The van der Waals surface area contributed by atoms with Gasteiger partial charge in [-0.25, -0.2) is 9.97 Å². The largest absolute Gasteiger partial charge is 0.456 e. The molecule has 0 saturated carbocycles. The van der Waals surface area contributed by atoms with Gasteiger partial charge >= 0.3 is 0 Å². The molecule has 3 heterocycles. The van der Waals surface area contributed by atoms with E-state index in [2.05, 4.69) is 44.1 Å². The Hall–Kier alpha value is -2.76. The molecule has 0 amide bonds. The number of thioether (sulfide) groups is 1. The van der Waals surface area contributed by atoms with E-state index in [1.807, 2.05) is 0 Å². The molecular formula is C21H23N5O2S. The van der Waals surface area contributed by atoms with Crippen LogP contribution in [0.4, 0.5) is 0 Å². The maximum Gasteiger partial charge on any atom is 0.231 e. The summed E-state index contributed by atoms with van der Waals surface area (Å²) in [6.45, 7) is 4.66. The molecule has 1 fully saturated rings. The van der Waals surface area contributed by atoms with Crippen LogP contribution in [0.5, 0.6) is 0 Å². The Labute approximate surface area is 175 Å². The topological polar surface area (TPSA) is 74.5 Å². The van der Waals surface area contributed by atoms with Crippen molar-refractivity contribution >= 4 is 11.8 Å². The van der Waals surface area contributed by atoms with Crippen molar-refractivity contribution in [1.82, 2.24) is 19.8 Å². The molecule has 1 aromatic heterocycles. The van der Waals surface area contributed by atoms with Crippen molar-refractivity contribution < 1.29 is 9.47 Å². The first-order chi connectivity index (χ1) is 14.3. The Morgan fingerprint density at radius 3 is 2.79 bits per heavy atom. The molecule has 7 nitrogen and oxygen atoms in total. The number of piperazine rings is 1. The van der Waals surface area contributed by atoms with Crippen molar-refractivity contribution in [3.8, 4) is 6.07 Å². The maximum atomic E-state index is 9.11. The van der Waals surface area contributed by atoms with E-state index in [-0.39, 0.29) is 0 Å². The van der Waals surface area contributed by atoms with E-state index in [9.17, 15) is 0 Å². The van der Waals surface area contributed by atoms with Crippen molar-refractivity contribution in [2.75, 3.05) is 38.5 Å². The lowest BCUT2D eigenvalue weighted by molar-refractivity contribution is 0.0872. The molecule has 2 aliphatic heterocycles. The predicted molar refractivity (Wildman–Crippen MR) is 110 cm³/mol. The van der Waals surface area contributed by atoms with Crippen LogP contribution in [-0.2, 0) is 9.47 Å². The molecular weight excluding hydrogens is 386 g/mol. The average Bonchev–Trinajstić information content (AvgIpc) is 2.80. The number of hydrogen-bond donors (Lipinski definition) is 0. The molecule has 0 unspecified atom stereocenters. The first-order valence-corrected chi connectivity index (χ1v) is 10.7. The SMILES string of the molecule is N#Cc1cncnc1SCCN1CCN(C2=COC(C3=CC=CCC3)=CO2)CC1. The van der Waals surface area contributed by atoms with E-state index in [0.717, 1.165) is 68.0 Å². The lowest BCUT2D eigenvalue weighted by Gasteiger charge is -2.36. The number of ether oxygens (including phenoxy) is 2. The highest BCUT2D eigenvalue weighted by atomic mass is 32.2. The van der Waals surface area contributed by atoms with E-state index >= 15 is 0 Å². The quantitative estimate of drug-likeness (QED) is 0.524. The number of aromatic nitrogens is 2. The molecule has 150 valence electrons.